The Kier molecular flexibility index (Phi) is 7.90. The van der Waals surface area contributed by atoms with Crippen LogP contribution in [0.15, 0.2) is 77.7 Å². The van der Waals surface area contributed by atoms with Crippen LogP contribution < -0.4 is 10.6 Å². The molecular formula is C26H28N2O2S. The molecule has 2 amide bonds. The summed E-state index contributed by atoms with van der Waals surface area (Å²) in [5, 5.41) is 5.57. The third kappa shape index (κ3) is 6.72. The Hall–Kier alpha value is -3.05. The molecule has 0 heterocycles. The highest BCUT2D eigenvalue weighted by molar-refractivity contribution is 8.00. The number of carbonyl (C=O) groups excluding carboxylic acids is 2. The first-order valence-electron chi connectivity index (χ1n) is 10.5. The number of anilines is 2. The largest absolute Gasteiger partial charge is 0.326 e. The van der Waals surface area contributed by atoms with Gasteiger partial charge in [-0.3, -0.25) is 9.59 Å². The summed E-state index contributed by atoms with van der Waals surface area (Å²) in [6.45, 7) is 6.01. The predicted octanol–water partition coefficient (Wildman–Crippen LogP) is 6.51. The average Bonchev–Trinajstić information content (AvgIpc) is 2.72. The molecule has 3 aromatic carbocycles. The number of hydrogen-bond acceptors (Lipinski definition) is 3. The van der Waals surface area contributed by atoms with E-state index < -0.39 is 5.25 Å². The quantitative estimate of drug-likeness (QED) is 0.399. The van der Waals surface area contributed by atoms with Crippen molar-refractivity contribution < 1.29 is 9.59 Å². The molecule has 0 saturated heterocycles. The lowest BCUT2D eigenvalue weighted by Gasteiger charge is -2.18. The number of nitrogens with one attached hydrogen (secondary N) is 2. The lowest BCUT2D eigenvalue weighted by Crippen LogP contribution is -2.19. The molecule has 0 aliphatic carbocycles. The highest BCUT2D eigenvalue weighted by Gasteiger charge is 2.22. The van der Waals surface area contributed by atoms with Gasteiger partial charge in [-0.05, 0) is 67.3 Å². The number of amides is 2. The van der Waals surface area contributed by atoms with Gasteiger partial charge < -0.3 is 10.6 Å². The molecule has 0 radical (unpaired) electrons. The summed E-state index contributed by atoms with van der Waals surface area (Å²) in [5.74, 6) is -0.0848. The molecule has 1 atom stereocenters. The zero-order chi connectivity index (χ0) is 22.2. The molecule has 1 unspecified atom stereocenters. The van der Waals surface area contributed by atoms with E-state index >= 15 is 0 Å². The fraction of sp³-hybridized carbons (Fsp3) is 0.231. The van der Waals surface area contributed by atoms with Crippen molar-refractivity contribution >= 4 is 35.0 Å². The smallest absolute Gasteiger partial charge is 0.242 e. The fourth-order valence-electron chi connectivity index (χ4n) is 3.39. The van der Waals surface area contributed by atoms with E-state index in [4.69, 9.17) is 0 Å². The van der Waals surface area contributed by atoms with Crippen LogP contribution >= 0.6 is 11.8 Å². The Labute approximate surface area is 188 Å². The Morgan fingerprint density at radius 3 is 2.23 bits per heavy atom. The SMILES string of the molecule is CCCC(=O)Nc1cccc(SC(C(=O)Nc2cc(C)cc(C)c2)c2ccccc2)c1. The minimum absolute atomic E-state index is 0.00294. The van der Waals surface area contributed by atoms with Gasteiger partial charge >= 0.3 is 0 Å². The van der Waals surface area contributed by atoms with E-state index in [1.807, 2.05) is 87.5 Å². The Bertz CT molecular complexity index is 1030. The van der Waals surface area contributed by atoms with Crippen molar-refractivity contribution in [1.82, 2.24) is 0 Å². The summed E-state index contributed by atoms with van der Waals surface area (Å²) in [6, 6.07) is 23.4. The minimum Gasteiger partial charge on any atom is -0.326 e. The van der Waals surface area contributed by atoms with Gasteiger partial charge in [-0.25, -0.2) is 0 Å². The molecule has 5 heteroatoms. The molecule has 160 valence electrons. The maximum absolute atomic E-state index is 13.3. The fourth-order valence-corrected chi connectivity index (χ4v) is 4.47. The Morgan fingerprint density at radius 2 is 1.55 bits per heavy atom. The number of hydrogen-bond donors (Lipinski definition) is 2. The summed E-state index contributed by atoms with van der Waals surface area (Å²) in [6.07, 6.45) is 1.29. The normalized spacial score (nSPS) is 11.6. The number of carbonyl (C=O) groups is 2. The summed E-state index contributed by atoms with van der Waals surface area (Å²) in [5.41, 5.74) is 4.67. The second-order valence-electron chi connectivity index (χ2n) is 7.60. The maximum Gasteiger partial charge on any atom is 0.242 e. The zero-order valence-corrected chi connectivity index (χ0v) is 19.0. The topological polar surface area (TPSA) is 58.2 Å². The van der Waals surface area contributed by atoms with Crippen LogP contribution in [-0.4, -0.2) is 11.8 Å². The second-order valence-corrected chi connectivity index (χ2v) is 8.78. The molecule has 3 aromatic rings. The molecular weight excluding hydrogens is 404 g/mol. The molecule has 0 aromatic heterocycles. The molecule has 4 nitrogen and oxygen atoms in total. The van der Waals surface area contributed by atoms with Crippen LogP contribution in [0.5, 0.6) is 0 Å². The van der Waals surface area contributed by atoms with Gasteiger partial charge in [0, 0.05) is 22.7 Å². The third-order valence-corrected chi connectivity index (χ3v) is 5.93. The van der Waals surface area contributed by atoms with Crippen molar-refractivity contribution in [3.05, 3.63) is 89.5 Å². The van der Waals surface area contributed by atoms with Crippen LogP contribution in [0.4, 0.5) is 11.4 Å². The monoisotopic (exact) mass is 432 g/mol. The number of thioether (sulfide) groups is 1. The molecule has 2 N–H and O–H groups in total. The maximum atomic E-state index is 13.3. The highest BCUT2D eigenvalue weighted by Crippen LogP contribution is 2.37. The van der Waals surface area contributed by atoms with Gasteiger partial charge in [0.2, 0.25) is 11.8 Å². The first kappa shape index (κ1) is 22.6. The van der Waals surface area contributed by atoms with Crippen molar-refractivity contribution in [1.29, 1.82) is 0 Å². The van der Waals surface area contributed by atoms with Crippen LogP contribution in [0, 0.1) is 13.8 Å². The van der Waals surface area contributed by atoms with Gasteiger partial charge in [-0.2, -0.15) is 0 Å². The summed E-state index contributed by atoms with van der Waals surface area (Å²) >= 11 is 1.47. The van der Waals surface area contributed by atoms with E-state index in [0.29, 0.717) is 6.42 Å². The number of benzene rings is 3. The van der Waals surface area contributed by atoms with Gasteiger partial charge in [0.25, 0.3) is 0 Å². The van der Waals surface area contributed by atoms with Crippen molar-refractivity contribution in [2.45, 2.75) is 43.8 Å². The Balaban J connectivity index is 1.83. The number of aryl methyl sites for hydroxylation is 2. The first-order valence-corrected chi connectivity index (χ1v) is 11.3. The van der Waals surface area contributed by atoms with Gasteiger partial charge in [-0.15, -0.1) is 11.8 Å². The molecule has 0 aliphatic rings. The molecule has 0 aliphatic heterocycles. The standard InChI is InChI=1S/C26H28N2O2S/c1-4-9-24(29)27-21-12-8-13-23(17-21)31-25(20-10-6-5-7-11-20)26(30)28-22-15-18(2)14-19(3)16-22/h5-8,10-17,25H,4,9H2,1-3H3,(H,27,29)(H,28,30). The van der Waals surface area contributed by atoms with E-state index in [1.165, 1.54) is 11.8 Å². The van der Waals surface area contributed by atoms with Crippen LogP contribution in [0.1, 0.15) is 41.7 Å². The molecule has 0 bridgehead atoms. The molecule has 0 saturated carbocycles. The molecule has 0 spiro atoms. The summed E-state index contributed by atoms with van der Waals surface area (Å²) in [7, 11) is 0. The minimum atomic E-state index is -0.427. The average molecular weight is 433 g/mol. The van der Waals surface area contributed by atoms with Crippen molar-refractivity contribution in [2.24, 2.45) is 0 Å². The second kappa shape index (κ2) is 10.8. The van der Waals surface area contributed by atoms with E-state index in [1.54, 1.807) is 0 Å². The van der Waals surface area contributed by atoms with Crippen molar-refractivity contribution in [3.8, 4) is 0 Å². The van der Waals surface area contributed by atoms with E-state index in [9.17, 15) is 9.59 Å². The predicted molar refractivity (Wildman–Crippen MR) is 130 cm³/mol. The third-order valence-electron chi connectivity index (χ3n) is 4.68. The van der Waals surface area contributed by atoms with Crippen molar-refractivity contribution in [2.75, 3.05) is 10.6 Å². The molecule has 31 heavy (non-hydrogen) atoms. The van der Waals surface area contributed by atoms with Crippen LogP contribution in [-0.2, 0) is 9.59 Å². The zero-order valence-electron chi connectivity index (χ0n) is 18.1. The van der Waals surface area contributed by atoms with Gasteiger partial charge in [0.15, 0.2) is 0 Å². The summed E-state index contributed by atoms with van der Waals surface area (Å²) in [4.78, 5) is 26.2. The molecule has 3 rings (SSSR count). The molecule has 0 fully saturated rings. The first-order chi connectivity index (χ1) is 14.9. The lowest BCUT2D eigenvalue weighted by molar-refractivity contribution is -0.116. The van der Waals surface area contributed by atoms with Gasteiger partial charge in [0.1, 0.15) is 5.25 Å². The number of rotatable bonds is 8. The van der Waals surface area contributed by atoms with Crippen LogP contribution in [0.3, 0.4) is 0 Å². The van der Waals surface area contributed by atoms with Crippen LogP contribution in [0.2, 0.25) is 0 Å². The van der Waals surface area contributed by atoms with Crippen LogP contribution in [0.25, 0.3) is 0 Å². The lowest BCUT2D eigenvalue weighted by atomic mass is 10.1. The van der Waals surface area contributed by atoms with Crippen molar-refractivity contribution in [3.63, 3.8) is 0 Å². The highest BCUT2D eigenvalue weighted by atomic mass is 32.2. The van der Waals surface area contributed by atoms with Gasteiger partial charge in [-0.1, -0.05) is 49.4 Å². The van der Waals surface area contributed by atoms with E-state index in [0.717, 1.165) is 39.4 Å². The Morgan fingerprint density at radius 1 is 0.839 bits per heavy atom. The van der Waals surface area contributed by atoms with E-state index in [-0.39, 0.29) is 11.8 Å². The van der Waals surface area contributed by atoms with Gasteiger partial charge in [0.05, 0.1) is 0 Å². The summed E-state index contributed by atoms with van der Waals surface area (Å²) < 4.78 is 0. The van der Waals surface area contributed by atoms with E-state index in [2.05, 4.69) is 16.7 Å².